The standard InChI is InChI=1S/C8H16N2O3S/c1-2-14(12,13)9-6-5-8(11)10-7-3-4-7/h7,9H,2-6H2,1H3,(H,10,11). The predicted molar refractivity (Wildman–Crippen MR) is 53.2 cm³/mol. The first-order valence-corrected chi connectivity index (χ1v) is 6.45. The Morgan fingerprint density at radius 2 is 2.07 bits per heavy atom. The van der Waals surface area contributed by atoms with Gasteiger partial charge in [-0.3, -0.25) is 4.79 Å². The molecule has 2 N–H and O–H groups in total. The Hall–Kier alpha value is -0.620. The van der Waals surface area contributed by atoms with Crippen LogP contribution in [0.25, 0.3) is 0 Å². The second-order valence-corrected chi connectivity index (χ2v) is 5.49. The number of carbonyl (C=O) groups is 1. The minimum absolute atomic E-state index is 0.0528. The zero-order chi connectivity index (χ0) is 10.6. The lowest BCUT2D eigenvalue weighted by molar-refractivity contribution is -0.121. The van der Waals surface area contributed by atoms with Crippen molar-refractivity contribution in [2.75, 3.05) is 12.3 Å². The molecule has 82 valence electrons. The summed E-state index contributed by atoms with van der Waals surface area (Å²) in [6, 6.07) is 0.338. The van der Waals surface area contributed by atoms with Gasteiger partial charge in [0.1, 0.15) is 0 Å². The second kappa shape index (κ2) is 4.75. The van der Waals surface area contributed by atoms with Crippen LogP contribution in [0.3, 0.4) is 0 Å². The number of carbonyl (C=O) groups excluding carboxylic acids is 1. The smallest absolute Gasteiger partial charge is 0.221 e. The van der Waals surface area contributed by atoms with Crippen molar-refractivity contribution in [2.45, 2.75) is 32.2 Å². The highest BCUT2D eigenvalue weighted by molar-refractivity contribution is 7.89. The number of sulfonamides is 1. The Labute approximate surface area is 84.3 Å². The van der Waals surface area contributed by atoms with E-state index in [9.17, 15) is 13.2 Å². The molecule has 0 bridgehead atoms. The molecule has 0 aromatic heterocycles. The highest BCUT2D eigenvalue weighted by Gasteiger charge is 2.22. The average Bonchev–Trinajstić information content (AvgIpc) is 2.88. The van der Waals surface area contributed by atoms with Crippen LogP contribution in [0.5, 0.6) is 0 Å². The van der Waals surface area contributed by atoms with Crippen LogP contribution in [0.15, 0.2) is 0 Å². The van der Waals surface area contributed by atoms with Gasteiger partial charge in [0.25, 0.3) is 0 Å². The maximum absolute atomic E-state index is 11.1. The third kappa shape index (κ3) is 4.57. The van der Waals surface area contributed by atoms with Crippen LogP contribution < -0.4 is 10.0 Å². The molecule has 1 fully saturated rings. The summed E-state index contributed by atoms with van der Waals surface area (Å²) in [5.74, 6) is -0.0247. The molecule has 0 aromatic carbocycles. The third-order valence-corrected chi connectivity index (χ3v) is 3.40. The minimum atomic E-state index is -3.16. The first kappa shape index (κ1) is 11.5. The summed E-state index contributed by atoms with van der Waals surface area (Å²) in [5, 5.41) is 2.78. The van der Waals surface area contributed by atoms with E-state index in [1.807, 2.05) is 0 Å². The van der Waals surface area contributed by atoms with Crippen molar-refractivity contribution < 1.29 is 13.2 Å². The molecule has 0 radical (unpaired) electrons. The monoisotopic (exact) mass is 220 g/mol. The van der Waals surface area contributed by atoms with Gasteiger partial charge in [-0.05, 0) is 19.8 Å². The number of nitrogens with one attached hydrogen (secondary N) is 2. The van der Waals surface area contributed by atoms with Crippen LogP contribution in [-0.2, 0) is 14.8 Å². The lowest BCUT2D eigenvalue weighted by atomic mass is 10.4. The second-order valence-electron chi connectivity index (χ2n) is 3.39. The van der Waals surface area contributed by atoms with Gasteiger partial charge in [0.2, 0.25) is 15.9 Å². The lowest BCUT2D eigenvalue weighted by Gasteiger charge is -2.04. The molecular weight excluding hydrogens is 204 g/mol. The Morgan fingerprint density at radius 3 is 2.57 bits per heavy atom. The van der Waals surface area contributed by atoms with Crippen molar-refractivity contribution in [3.63, 3.8) is 0 Å². The SMILES string of the molecule is CCS(=O)(=O)NCCC(=O)NC1CC1. The van der Waals surface area contributed by atoms with Crippen LogP contribution in [0.4, 0.5) is 0 Å². The van der Waals surface area contributed by atoms with Crippen LogP contribution in [0.1, 0.15) is 26.2 Å². The van der Waals surface area contributed by atoms with Crippen molar-refractivity contribution in [1.82, 2.24) is 10.0 Å². The molecule has 0 spiro atoms. The molecule has 5 nitrogen and oxygen atoms in total. The van der Waals surface area contributed by atoms with Crippen molar-refractivity contribution in [1.29, 1.82) is 0 Å². The number of hydrogen-bond acceptors (Lipinski definition) is 3. The maximum Gasteiger partial charge on any atom is 0.221 e. The van der Waals surface area contributed by atoms with Crippen molar-refractivity contribution in [2.24, 2.45) is 0 Å². The summed E-state index contributed by atoms with van der Waals surface area (Å²) in [5.41, 5.74) is 0. The molecular formula is C8H16N2O3S. The van der Waals surface area contributed by atoms with Gasteiger partial charge in [-0.15, -0.1) is 0 Å². The van der Waals surface area contributed by atoms with E-state index in [4.69, 9.17) is 0 Å². The van der Waals surface area contributed by atoms with Gasteiger partial charge >= 0.3 is 0 Å². The summed E-state index contributed by atoms with van der Waals surface area (Å²) in [6.45, 7) is 1.75. The normalized spacial score (nSPS) is 16.6. The highest BCUT2D eigenvalue weighted by atomic mass is 32.2. The Bertz CT molecular complexity index is 296. The minimum Gasteiger partial charge on any atom is -0.353 e. The van der Waals surface area contributed by atoms with Gasteiger partial charge in [-0.2, -0.15) is 0 Å². The average molecular weight is 220 g/mol. The molecule has 1 rings (SSSR count). The summed E-state index contributed by atoms with van der Waals surface area (Å²) in [6.07, 6.45) is 2.31. The van der Waals surface area contributed by atoms with Gasteiger partial charge < -0.3 is 5.32 Å². The zero-order valence-electron chi connectivity index (χ0n) is 8.25. The number of hydrogen-bond donors (Lipinski definition) is 2. The van der Waals surface area contributed by atoms with Gasteiger partial charge in [-0.1, -0.05) is 0 Å². The molecule has 0 heterocycles. The predicted octanol–water partition coefficient (Wildman–Crippen LogP) is -0.406. The van der Waals surface area contributed by atoms with Gasteiger partial charge in [-0.25, -0.2) is 13.1 Å². The Kier molecular flexibility index (Phi) is 3.88. The number of amides is 1. The Balaban J connectivity index is 2.10. The molecule has 0 unspecified atom stereocenters. The van der Waals surface area contributed by atoms with E-state index < -0.39 is 10.0 Å². The number of rotatable bonds is 6. The molecule has 1 amide bonds. The first-order valence-electron chi connectivity index (χ1n) is 4.80. The van der Waals surface area contributed by atoms with Crippen LogP contribution >= 0.6 is 0 Å². The van der Waals surface area contributed by atoms with E-state index in [1.54, 1.807) is 6.92 Å². The van der Waals surface area contributed by atoms with E-state index >= 15 is 0 Å². The van der Waals surface area contributed by atoms with E-state index in [0.29, 0.717) is 6.04 Å². The Morgan fingerprint density at radius 1 is 1.43 bits per heavy atom. The summed E-state index contributed by atoms with van der Waals surface area (Å²) < 4.78 is 24.3. The van der Waals surface area contributed by atoms with E-state index in [0.717, 1.165) is 12.8 Å². The molecule has 1 aliphatic rings. The van der Waals surface area contributed by atoms with Crippen LogP contribution in [-0.4, -0.2) is 32.7 Å². The maximum atomic E-state index is 11.1. The fourth-order valence-corrected chi connectivity index (χ4v) is 1.57. The lowest BCUT2D eigenvalue weighted by Crippen LogP contribution is -2.32. The largest absolute Gasteiger partial charge is 0.353 e. The molecule has 0 aromatic rings. The fraction of sp³-hybridized carbons (Fsp3) is 0.875. The summed E-state index contributed by atoms with van der Waals surface area (Å²) >= 11 is 0. The van der Waals surface area contributed by atoms with Crippen molar-refractivity contribution in [3.8, 4) is 0 Å². The quantitative estimate of drug-likeness (QED) is 0.639. The highest BCUT2D eigenvalue weighted by Crippen LogP contribution is 2.18. The first-order chi connectivity index (χ1) is 6.53. The van der Waals surface area contributed by atoms with Crippen LogP contribution in [0, 0.1) is 0 Å². The van der Waals surface area contributed by atoms with Crippen molar-refractivity contribution >= 4 is 15.9 Å². The van der Waals surface area contributed by atoms with Crippen molar-refractivity contribution in [3.05, 3.63) is 0 Å². The van der Waals surface area contributed by atoms with Gasteiger partial charge in [0.05, 0.1) is 5.75 Å². The zero-order valence-corrected chi connectivity index (χ0v) is 9.06. The van der Waals surface area contributed by atoms with Crippen LogP contribution in [0.2, 0.25) is 0 Å². The third-order valence-electron chi connectivity index (χ3n) is 2.00. The van der Waals surface area contributed by atoms with E-state index in [2.05, 4.69) is 10.0 Å². The molecule has 0 atom stereocenters. The molecule has 0 saturated heterocycles. The van der Waals surface area contributed by atoms with Gasteiger partial charge in [0, 0.05) is 19.0 Å². The molecule has 14 heavy (non-hydrogen) atoms. The summed E-state index contributed by atoms with van der Waals surface area (Å²) in [7, 11) is -3.16. The molecule has 6 heteroatoms. The molecule has 1 aliphatic carbocycles. The fourth-order valence-electron chi connectivity index (χ4n) is 0.950. The molecule has 1 saturated carbocycles. The van der Waals surface area contributed by atoms with Gasteiger partial charge in [0.15, 0.2) is 0 Å². The molecule has 0 aliphatic heterocycles. The summed E-state index contributed by atoms with van der Waals surface area (Å²) in [4.78, 5) is 11.1. The topological polar surface area (TPSA) is 75.3 Å². The van der Waals surface area contributed by atoms with E-state index in [1.165, 1.54) is 0 Å². The van der Waals surface area contributed by atoms with E-state index in [-0.39, 0.29) is 24.6 Å².